The molecule has 0 aromatic heterocycles. The van der Waals surface area contributed by atoms with E-state index in [9.17, 15) is 0 Å². The first-order valence-corrected chi connectivity index (χ1v) is 5.95. The molecule has 3 nitrogen and oxygen atoms in total. The maximum atomic E-state index is 5.41. The smallest absolute Gasteiger partial charge is 0.122 e. The third-order valence-electron chi connectivity index (χ3n) is 2.89. The van der Waals surface area contributed by atoms with Crippen LogP contribution in [-0.4, -0.2) is 33.9 Å². The molecule has 0 aliphatic rings. The fourth-order valence-corrected chi connectivity index (χ4v) is 1.87. The summed E-state index contributed by atoms with van der Waals surface area (Å²) < 4.78 is 10.4. The third kappa shape index (κ3) is 4.02. The standard InChI is InChI=1S/C14H23NO2/c1-14(2,11-15-9-10-16-3)12-7-5-6-8-13(12)17-4/h5-8,15H,9-11H2,1-4H3. The van der Waals surface area contributed by atoms with E-state index < -0.39 is 0 Å². The monoisotopic (exact) mass is 237 g/mol. The zero-order chi connectivity index (χ0) is 12.7. The van der Waals surface area contributed by atoms with Crippen molar-refractivity contribution in [2.24, 2.45) is 0 Å². The van der Waals surface area contributed by atoms with Crippen LogP contribution >= 0.6 is 0 Å². The Kier molecular flexibility index (Phi) is 5.45. The lowest BCUT2D eigenvalue weighted by Gasteiger charge is -2.27. The molecule has 1 N–H and O–H groups in total. The fourth-order valence-electron chi connectivity index (χ4n) is 1.87. The molecule has 0 saturated carbocycles. The lowest BCUT2D eigenvalue weighted by molar-refractivity contribution is 0.197. The van der Waals surface area contributed by atoms with Crippen molar-refractivity contribution in [3.05, 3.63) is 29.8 Å². The van der Waals surface area contributed by atoms with E-state index in [-0.39, 0.29) is 5.41 Å². The van der Waals surface area contributed by atoms with Crippen LogP contribution in [0, 0.1) is 0 Å². The quantitative estimate of drug-likeness (QED) is 0.738. The normalized spacial score (nSPS) is 11.5. The first kappa shape index (κ1) is 14.0. The van der Waals surface area contributed by atoms with Crippen molar-refractivity contribution in [2.45, 2.75) is 19.3 Å². The molecule has 0 bridgehead atoms. The molecule has 1 rings (SSSR count). The van der Waals surface area contributed by atoms with Gasteiger partial charge in [-0.3, -0.25) is 0 Å². The van der Waals surface area contributed by atoms with E-state index in [1.165, 1.54) is 5.56 Å². The minimum absolute atomic E-state index is 0.0420. The van der Waals surface area contributed by atoms with Gasteiger partial charge in [-0.25, -0.2) is 0 Å². The Morgan fingerprint density at radius 3 is 2.53 bits per heavy atom. The van der Waals surface area contributed by atoms with Crippen molar-refractivity contribution in [1.29, 1.82) is 0 Å². The summed E-state index contributed by atoms with van der Waals surface area (Å²) in [6, 6.07) is 8.18. The number of methoxy groups -OCH3 is 2. The van der Waals surface area contributed by atoms with Crippen LogP contribution in [0.15, 0.2) is 24.3 Å². The van der Waals surface area contributed by atoms with Crippen molar-refractivity contribution in [1.82, 2.24) is 5.32 Å². The van der Waals surface area contributed by atoms with E-state index in [1.807, 2.05) is 12.1 Å². The molecule has 0 spiro atoms. The first-order valence-electron chi connectivity index (χ1n) is 5.95. The van der Waals surface area contributed by atoms with E-state index in [2.05, 4.69) is 31.3 Å². The minimum atomic E-state index is 0.0420. The van der Waals surface area contributed by atoms with E-state index in [0.717, 1.165) is 25.4 Å². The molecule has 0 unspecified atom stereocenters. The average Bonchev–Trinajstić information content (AvgIpc) is 2.34. The number of rotatable bonds is 7. The Morgan fingerprint density at radius 1 is 1.18 bits per heavy atom. The van der Waals surface area contributed by atoms with E-state index in [4.69, 9.17) is 9.47 Å². The Labute approximate surface area is 104 Å². The Hall–Kier alpha value is -1.06. The molecule has 1 aromatic carbocycles. The van der Waals surface area contributed by atoms with Crippen molar-refractivity contribution < 1.29 is 9.47 Å². The van der Waals surface area contributed by atoms with Gasteiger partial charge in [0.2, 0.25) is 0 Å². The van der Waals surface area contributed by atoms with Gasteiger partial charge in [0.05, 0.1) is 13.7 Å². The maximum absolute atomic E-state index is 5.41. The molecule has 0 radical (unpaired) electrons. The maximum Gasteiger partial charge on any atom is 0.122 e. The number of hydrogen-bond acceptors (Lipinski definition) is 3. The van der Waals surface area contributed by atoms with Gasteiger partial charge in [0.1, 0.15) is 5.75 Å². The topological polar surface area (TPSA) is 30.5 Å². The predicted octanol–water partition coefficient (Wildman–Crippen LogP) is 2.21. The largest absolute Gasteiger partial charge is 0.496 e. The first-order chi connectivity index (χ1) is 8.11. The van der Waals surface area contributed by atoms with Crippen LogP contribution in [0.1, 0.15) is 19.4 Å². The summed E-state index contributed by atoms with van der Waals surface area (Å²) in [6.45, 7) is 6.93. The molecule has 0 fully saturated rings. The summed E-state index contributed by atoms with van der Waals surface area (Å²) in [6.07, 6.45) is 0. The highest BCUT2D eigenvalue weighted by Gasteiger charge is 2.23. The minimum Gasteiger partial charge on any atom is -0.496 e. The van der Waals surface area contributed by atoms with Crippen LogP contribution in [0.5, 0.6) is 5.75 Å². The number of ether oxygens (including phenoxy) is 2. The molecule has 96 valence electrons. The predicted molar refractivity (Wildman–Crippen MR) is 70.8 cm³/mol. The fraction of sp³-hybridized carbons (Fsp3) is 0.571. The summed E-state index contributed by atoms with van der Waals surface area (Å²) in [5.41, 5.74) is 1.27. The second kappa shape index (κ2) is 6.62. The van der Waals surface area contributed by atoms with Crippen LogP contribution in [0.25, 0.3) is 0 Å². The number of benzene rings is 1. The highest BCUT2D eigenvalue weighted by atomic mass is 16.5. The Bertz CT molecular complexity index is 337. The number of para-hydroxylation sites is 1. The second-order valence-corrected chi connectivity index (χ2v) is 4.75. The molecule has 0 amide bonds. The van der Waals surface area contributed by atoms with Crippen molar-refractivity contribution in [3.63, 3.8) is 0 Å². The molecule has 0 aliphatic carbocycles. The molecule has 1 aromatic rings. The summed E-state index contributed by atoms with van der Waals surface area (Å²) in [5.74, 6) is 0.950. The molecule has 0 atom stereocenters. The van der Waals surface area contributed by atoms with Gasteiger partial charge in [0.25, 0.3) is 0 Å². The SMILES string of the molecule is COCCNCC(C)(C)c1ccccc1OC. The van der Waals surface area contributed by atoms with Gasteiger partial charge in [0.15, 0.2) is 0 Å². The third-order valence-corrected chi connectivity index (χ3v) is 2.89. The van der Waals surface area contributed by atoms with Gasteiger partial charge in [-0.15, -0.1) is 0 Å². The molecule has 0 heterocycles. The summed E-state index contributed by atoms with van der Waals surface area (Å²) in [4.78, 5) is 0. The highest BCUT2D eigenvalue weighted by molar-refractivity contribution is 5.39. The molecule has 0 aliphatic heterocycles. The molecular weight excluding hydrogens is 214 g/mol. The Balaban J connectivity index is 2.67. The van der Waals surface area contributed by atoms with Gasteiger partial charge in [0, 0.05) is 31.2 Å². The lowest BCUT2D eigenvalue weighted by atomic mass is 9.84. The zero-order valence-corrected chi connectivity index (χ0v) is 11.2. The van der Waals surface area contributed by atoms with Crippen LogP contribution in [0.3, 0.4) is 0 Å². The van der Waals surface area contributed by atoms with E-state index in [1.54, 1.807) is 14.2 Å². The van der Waals surface area contributed by atoms with Crippen LogP contribution in [-0.2, 0) is 10.2 Å². The highest BCUT2D eigenvalue weighted by Crippen LogP contribution is 2.30. The summed E-state index contributed by atoms with van der Waals surface area (Å²) in [5, 5.41) is 3.40. The molecular formula is C14H23NO2. The van der Waals surface area contributed by atoms with Crippen LogP contribution in [0.2, 0.25) is 0 Å². The van der Waals surface area contributed by atoms with Gasteiger partial charge in [-0.1, -0.05) is 32.0 Å². The van der Waals surface area contributed by atoms with Crippen molar-refractivity contribution in [3.8, 4) is 5.75 Å². The average molecular weight is 237 g/mol. The zero-order valence-electron chi connectivity index (χ0n) is 11.2. The van der Waals surface area contributed by atoms with Gasteiger partial charge in [-0.05, 0) is 6.07 Å². The summed E-state index contributed by atoms with van der Waals surface area (Å²) >= 11 is 0. The van der Waals surface area contributed by atoms with E-state index >= 15 is 0 Å². The lowest BCUT2D eigenvalue weighted by Crippen LogP contribution is -2.34. The van der Waals surface area contributed by atoms with Gasteiger partial charge in [-0.2, -0.15) is 0 Å². The number of hydrogen-bond donors (Lipinski definition) is 1. The summed E-state index contributed by atoms with van der Waals surface area (Å²) in [7, 11) is 3.43. The Morgan fingerprint density at radius 2 is 1.88 bits per heavy atom. The molecule has 17 heavy (non-hydrogen) atoms. The van der Waals surface area contributed by atoms with Gasteiger partial charge < -0.3 is 14.8 Å². The van der Waals surface area contributed by atoms with Crippen LogP contribution < -0.4 is 10.1 Å². The van der Waals surface area contributed by atoms with Crippen molar-refractivity contribution >= 4 is 0 Å². The second-order valence-electron chi connectivity index (χ2n) is 4.75. The van der Waals surface area contributed by atoms with Crippen molar-refractivity contribution in [2.75, 3.05) is 33.9 Å². The van der Waals surface area contributed by atoms with E-state index in [0.29, 0.717) is 0 Å². The van der Waals surface area contributed by atoms with Gasteiger partial charge >= 0.3 is 0 Å². The van der Waals surface area contributed by atoms with Crippen LogP contribution in [0.4, 0.5) is 0 Å². The molecule has 3 heteroatoms. The molecule has 0 saturated heterocycles. The number of nitrogens with one attached hydrogen (secondary N) is 1.